The Morgan fingerprint density at radius 1 is 1.03 bits per heavy atom. The van der Waals surface area contributed by atoms with E-state index in [1.807, 2.05) is 30.3 Å². The first-order valence-electron chi connectivity index (χ1n) is 12.0. The molecule has 0 bridgehead atoms. The Morgan fingerprint density at radius 2 is 1.78 bits per heavy atom. The summed E-state index contributed by atoms with van der Waals surface area (Å²) >= 11 is 0. The van der Waals surface area contributed by atoms with Crippen LogP contribution in [0.2, 0.25) is 0 Å². The van der Waals surface area contributed by atoms with Gasteiger partial charge in [-0.15, -0.1) is 0 Å². The van der Waals surface area contributed by atoms with E-state index in [4.69, 9.17) is 0 Å². The fraction of sp³-hybridized carbons (Fsp3) is 0.259. The molecule has 1 aliphatic heterocycles. The van der Waals surface area contributed by atoms with Crippen LogP contribution < -0.4 is 14.9 Å². The lowest BCUT2D eigenvalue weighted by molar-refractivity contribution is 0.0981. The molecule has 4 heterocycles. The minimum Gasteiger partial charge on any atom is -0.351 e. The molecule has 5 rings (SSSR count). The molecule has 1 aliphatic rings. The molecule has 1 atom stereocenters. The number of sulfonamides is 1. The van der Waals surface area contributed by atoms with Gasteiger partial charge < -0.3 is 10.2 Å². The highest BCUT2D eigenvalue weighted by Crippen LogP contribution is 2.37. The Labute approximate surface area is 219 Å². The summed E-state index contributed by atoms with van der Waals surface area (Å²) < 4.78 is 28.5. The summed E-state index contributed by atoms with van der Waals surface area (Å²) in [7, 11) is -4.25. The number of hydrogen-bond donors (Lipinski definition) is 2. The number of benzene rings is 1. The fourth-order valence-electron chi connectivity index (χ4n) is 4.96. The molecule has 1 amide bonds. The molecule has 0 aliphatic carbocycles. The van der Waals surface area contributed by atoms with Crippen molar-refractivity contribution in [2.45, 2.75) is 37.8 Å². The number of hydrogen-bond acceptors (Lipinski definition) is 8. The summed E-state index contributed by atoms with van der Waals surface area (Å²) in [5.41, 5.74) is 1.52. The van der Waals surface area contributed by atoms with Crippen molar-refractivity contribution in [2.24, 2.45) is 5.92 Å². The molecule has 1 saturated heterocycles. The number of nitrogens with zero attached hydrogens (tertiary/aromatic N) is 4. The number of aromatic nitrogens is 3. The molecule has 0 radical (unpaired) electrons. The number of fused-ring (bicyclic) bond motifs is 1. The third kappa shape index (κ3) is 4.97. The zero-order chi connectivity index (χ0) is 26.2. The van der Waals surface area contributed by atoms with Crippen molar-refractivity contribution >= 4 is 44.2 Å². The van der Waals surface area contributed by atoms with Crippen molar-refractivity contribution in [1.29, 1.82) is 0 Å². The van der Waals surface area contributed by atoms with Gasteiger partial charge in [0, 0.05) is 38.4 Å². The van der Waals surface area contributed by atoms with E-state index < -0.39 is 15.9 Å². The van der Waals surface area contributed by atoms with Crippen LogP contribution in [0.15, 0.2) is 78.1 Å². The van der Waals surface area contributed by atoms with E-state index in [0.29, 0.717) is 17.6 Å². The van der Waals surface area contributed by atoms with Gasteiger partial charge in [0.15, 0.2) is 5.03 Å². The second-order valence-corrected chi connectivity index (χ2v) is 11.5. The van der Waals surface area contributed by atoms with Crippen LogP contribution in [0.5, 0.6) is 0 Å². The topological polar surface area (TPSA) is 117 Å². The van der Waals surface area contributed by atoms with E-state index in [1.54, 1.807) is 36.7 Å². The van der Waals surface area contributed by atoms with Crippen LogP contribution in [0, 0.1) is 5.92 Å². The molecule has 0 saturated carbocycles. The van der Waals surface area contributed by atoms with Crippen molar-refractivity contribution in [2.75, 3.05) is 16.8 Å². The molecular weight excluding hydrogens is 488 g/mol. The highest BCUT2D eigenvalue weighted by atomic mass is 32.2. The van der Waals surface area contributed by atoms with Crippen molar-refractivity contribution in [3.8, 4) is 0 Å². The second kappa shape index (κ2) is 9.44. The van der Waals surface area contributed by atoms with Gasteiger partial charge in [-0.2, -0.15) is 8.42 Å². The maximum absolute atomic E-state index is 13.2. The highest BCUT2D eigenvalue weighted by Gasteiger charge is 2.39. The predicted octanol–water partition coefficient (Wildman–Crippen LogP) is 5.00. The Kier molecular flexibility index (Phi) is 6.28. The number of rotatable bonds is 6. The molecule has 37 heavy (non-hydrogen) atoms. The van der Waals surface area contributed by atoms with Crippen molar-refractivity contribution < 1.29 is 16.1 Å². The van der Waals surface area contributed by atoms with E-state index in [9.17, 15) is 13.2 Å². The molecule has 9 nitrogen and oxygen atoms in total. The van der Waals surface area contributed by atoms with Gasteiger partial charge in [-0.05, 0) is 74.7 Å². The summed E-state index contributed by atoms with van der Waals surface area (Å²) in [5.74, 6) is 0.464. The fourth-order valence-corrected chi connectivity index (χ4v) is 5.90. The van der Waals surface area contributed by atoms with Crippen LogP contribution in [-0.4, -0.2) is 41.4 Å². The van der Waals surface area contributed by atoms with E-state index >= 15 is 0 Å². The smallest absolute Gasteiger partial charge is 0.281 e. The van der Waals surface area contributed by atoms with Gasteiger partial charge >= 0.3 is 0 Å². The largest absolute Gasteiger partial charge is 0.351 e. The third-order valence-corrected chi connectivity index (χ3v) is 7.73. The Hall–Kier alpha value is -4.05. The summed E-state index contributed by atoms with van der Waals surface area (Å²) in [6.07, 6.45) is 4.26. The van der Waals surface area contributed by atoms with E-state index in [-0.39, 0.29) is 19.0 Å². The van der Waals surface area contributed by atoms with Gasteiger partial charge in [0.2, 0.25) is 0 Å². The lowest BCUT2D eigenvalue weighted by Crippen LogP contribution is -2.41. The summed E-state index contributed by atoms with van der Waals surface area (Å²) in [6, 6.07) is 17.1. The van der Waals surface area contributed by atoms with E-state index in [1.165, 1.54) is 6.07 Å². The van der Waals surface area contributed by atoms with Gasteiger partial charge in [-0.3, -0.25) is 9.78 Å². The van der Waals surface area contributed by atoms with Gasteiger partial charge in [-0.1, -0.05) is 19.1 Å². The minimum atomic E-state index is -4.25. The molecule has 1 fully saturated rings. The lowest BCUT2D eigenvalue weighted by atomic mass is 9.97. The first-order chi connectivity index (χ1) is 17.6. The number of nitrogens with one attached hydrogen (secondary N) is 2. The van der Waals surface area contributed by atoms with Gasteiger partial charge in [0.05, 0.1) is 11.1 Å². The quantitative estimate of drug-likeness (QED) is 0.365. The van der Waals surface area contributed by atoms with Crippen molar-refractivity contribution in [1.82, 2.24) is 19.7 Å². The normalized spacial score (nSPS) is 17.1. The van der Waals surface area contributed by atoms with Crippen LogP contribution in [0.1, 0.15) is 40.4 Å². The lowest BCUT2D eigenvalue weighted by Gasteiger charge is -2.33. The molecule has 10 heteroatoms. The maximum atomic E-state index is 13.2. The van der Waals surface area contributed by atoms with Crippen LogP contribution >= 0.6 is 0 Å². The van der Waals surface area contributed by atoms with Gasteiger partial charge in [-0.25, -0.2) is 14.7 Å². The number of carbonyl (C=O) groups excluding carboxylic acids is 1. The predicted molar refractivity (Wildman–Crippen MR) is 148 cm³/mol. The zero-order valence-corrected chi connectivity index (χ0v) is 21.7. The molecule has 3 aromatic heterocycles. The third-order valence-electron chi connectivity index (χ3n) is 6.49. The molecule has 4 aromatic rings. The van der Waals surface area contributed by atoms with Crippen molar-refractivity contribution in [3.63, 3.8) is 0 Å². The number of anilines is 3. The molecule has 194 valence electrons. The Morgan fingerprint density at radius 3 is 2.57 bits per heavy atom. The Balaban J connectivity index is 0.00000210. The van der Waals surface area contributed by atoms with Crippen LogP contribution in [0.4, 0.5) is 17.3 Å². The average molecular weight is 521 g/mol. The summed E-state index contributed by atoms with van der Waals surface area (Å²) in [6.45, 7) is 7.07. The summed E-state index contributed by atoms with van der Waals surface area (Å²) in [5, 5.41) is 3.76. The van der Waals surface area contributed by atoms with Gasteiger partial charge in [0.1, 0.15) is 11.6 Å². The molecular formula is C27H32N6O3S. The maximum Gasteiger partial charge on any atom is 0.281 e. The number of carbonyl (C=O) groups is 1. The average Bonchev–Trinajstić information content (AvgIpc) is 3.15. The monoisotopic (exact) mass is 520 g/mol. The van der Waals surface area contributed by atoms with E-state index in [0.717, 1.165) is 29.6 Å². The highest BCUT2D eigenvalue weighted by molar-refractivity contribution is 7.90. The van der Waals surface area contributed by atoms with Crippen LogP contribution in [0.25, 0.3) is 10.9 Å². The van der Waals surface area contributed by atoms with Gasteiger partial charge in [0.25, 0.3) is 15.9 Å². The first-order valence-corrected chi connectivity index (χ1v) is 13.5. The molecule has 2 N–H and O–H groups in total. The molecule has 0 spiro atoms. The number of pyridine rings is 3. The number of amides is 1. The zero-order valence-electron chi connectivity index (χ0n) is 20.8. The standard InChI is InChI=1S/C27H28N6O3S.2H2/c1-18-16-27(2,3)33(17-18)25-20(9-7-15-29-25)26(34)32-37(35,36)24-13-5-12-23(31-24)30-22-11-4-10-21-19(22)8-6-14-28-21;;/h4-15,18H,16-17H2,1-3H3,(H,30,31)(H,32,34);2*1H. The SMILES string of the molecule is CC1CN(c2ncccc2C(=O)NS(=O)(=O)c2cccc(Nc3cccc4ncccc34)n2)C(C)(C)C1.[HH].[HH]. The summed E-state index contributed by atoms with van der Waals surface area (Å²) in [4.78, 5) is 28.3. The first kappa shape index (κ1) is 24.6. The Bertz CT molecular complexity index is 1590. The minimum absolute atomic E-state index is 0. The van der Waals surface area contributed by atoms with Crippen molar-refractivity contribution in [3.05, 3.63) is 78.6 Å². The second-order valence-electron chi connectivity index (χ2n) is 9.90. The molecule has 1 aromatic carbocycles. The van der Waals surface area contributed by atoms with E-state index in [2.05, 4.69) is 50.7 Å². The molecule has 1 unspecified atom stereocenters. The van der Waals surface area contributed by atoms with Crippen LogP contribution in [0.3, 0.4) is 0 Å². The van der Waals surface area contributed by atoms with Crippen LogP contribution in [-0.2, 0) is 10.0 Å².